The van der Waals surface area contributed by atoms with E-state index in [-0.39, 0.29) is 11.1 Å². The molecule has 1 atom stereocenters. The van der Waals surface area contributed by atoms with Crippen LogP contribution in [0.1, 0.15) is 20.7 Å². The van der Waals surface area contributed by atoms with Crippen LogP contribution in [0.3, 0.4) is 0 Å². The second-order valence-electron chi connectivity index (χ2n) is 4.55. The first-order valence-electron chi connectivity index (χ1n) is 5.91. The van der Waals surface area contributed by atoms with Crippen molar-refractivity contribution in [2.75, 3.05) is 0 Å². The van der Waals surface area contributed by atoms with E-state index in [2.05, 4.69) is 9.78 Å². The summed E-state index contributed by atoms with van der Waals surface area (Å²) in [6.07, 6.45) is 0. The van der Waals surface area contributed by atoms with Gasteiger partial charge in [-0.05, 0) is 24.3 Å². The predicted octanol–water partition coefficient (Wildman–Crippen LogP) is 0.882. The van der Waals surface area contributed by atoms with Gasteiger partial charge in [0.1, 0.15) is 0 Å². The summed E-state index contributed by atoms with van der Waals surface area (Å²) in [5.41, 5.74) is 0.503. The molecule has 98 valence electrons. The summed E-state index contributed by atoms with van der Waals surface area (Å²) in [5.74, 6) is -1.55. The smallest absolute Gasteiger partial charge is 0.309 e. The zero-order chi connectivity index (χ0) is 13.9. The second kappa shape index (κ2) is 3.58. The molecule has 3 heterocycles. The molecule has 3 aliphatic heterocycles. The normalized spacial score (nSPS) is 19.8. The molecular weight excluding hydrogens is 279 g/mol. The molecule has 5 nitrogen and oxygen atoms in total. The Morgan fingerprint density at radius 2 is 1.50 bits per heavy atom. The van der Waals surface area contributed by atoms with Crippen molar-refractivity contribution in [1.82, 2.24) is 0 Å². The van der Waals surface area contributed by atoms with Crippen LogP contribution in [-0.4, -0.2) is 11.9 Å². The minimum Gasteiger partial charge on any atom is -0.309 e. The Morgan fingerprint density at radius 3 is 2.15 bits per heavy atom. The summed E-state index contributed by atoms with van der Waals surface area (Å²) >= 11 is 0. The maximum absolute atomic E-state index is 11.9. The monoisotopic (exact) mass is 286 g/mol. The van der Waals surface area contributed by atoms with Gasteiger partial charge in [-0.1, -0.05) is 18.2 Å². The average molecular weight is 286 g/mol. The van der Waals surface area contributed by atoms with Crippen molar-refractivity contribution in [3.8, 4) is 0 Å². The van der Waals surface area contributed by atoms with E-state index in [1.807, 2.05) is 0 Å². The lowest BCUT2D eigenvalue weighted by molar-refractivity contribution is -0.187. The van der Waals surface area contributed by atoms with Crippen LogP contribution < -0.4 is 15.9 Å². The third-order valence-electron chi connectivity index (χ3n) is 3.42. The molecule has 5 rings (SSSR count). The lowest BCUT2D eigenvalue weighted by Gasteiger charge is -2.04. The van der Waals surface area contributed by atoms with Gasteiger partial charge in [0.25, 0.3) is 0 Å². The number of rotatable bonds is 2. The molecule has 2 bridgehead atoms. The lowest BCUT2D eigenvalue weighted by atomic mass is 10.2. The molecule has 3 aliphatic rings. The Morgan fingerprint density at radius 1 is 0.850 bits per heavy atom. The minimum atomic E-state index is -2.37. The molecule has 0 aromatic heterocycles. The van der Waals surface area contributed by atoms with Crippen LogP contribution >= 0.6 is 7.14 Å². The maximum Gasteiger partial charge on any atom is 0.387 e. The molecule has 2 aromatic carbocycles. The number of hydrogen-bond donors (Lipinski definition) is 0. The first-order valence-corrected chi connectivity index (χ1v) is 7.61. The largest absolute Gasteiger partial charge is 0.387 e. The SMILES string of the molecule is O=C(OOC(=O)c1ccc2c3c1P23=O)c1ccccc1. The van der Waals surface area contributed by atoms with Crippen LogP contribution in [0.5, 0.6) is 0 Å². The van der Waals surface area contributed by atoms with Crippen molar-refractivity contribution in [2.24, 2.45) is 0 Å². The van der Waals surface area contributed by atoms with Crippen LogP contribution in [-0.2, 0) is 14.3 Å². The van der Waals surface area contributed by atoms with Gasteiger partial charge >= 0.3 is 11.9 Å². The number of fused-ring (bicyclic) bond motifs is 2. The van der Waals surface area contributed by atoms with Gasteiger partial charge in [0, 0.05) is 15.9 Å². The number of hydrogen-bond acceptors (Lipinski definition) is 5. The van der Waals surface area contributed by atoms with E-state index in [9.17, 15) is 14.2 Å². The summed E-state index contributed by atoms with van der Waals surface area (Å²) < 4.78 is 11.9. The van der Waals surface area contributed by atoms with Gasteiger partial charge in [-0.2, -0.15) is 0 Å². The Hall–Kier alpha value is -2.39. The van der Waals surface area contributed by atoms with Crippen molar-refractivity contribution in [2.45, 2.75) is 0 Å². The first kappa shape index (κ1) is 11.4. The summed E-state index contributed by atoms with van der Waals surface area (Å²) in [6.45, 7) is 0. The van der Waals surface area contributed by atoms with Crippen molar-refractivity contribution >= 4 is 35.0 Å². The number of benzene rings is 2. The summed E-state index contributed by atoms with van der Waals surface area (Å²) in [7, 11) is -2.37. The molecule has 1 unspecified atom stereocenters. The third-order valence-corrected chi connectivity index (χ3v) is 6.21. The summed E-state index contributed by atoms with van der Waals surface area (Å²) in [4.78, 5) is 32.4. The van der Waals surface area contributed by atoms with Crippen LogP contribution in [0, 0.1) is 0 Å². The van der Waals surface area contributed by atoms with Gasteiger partial charge < -0.3 is 4.57 Å². The fraction of sp³-hybridized carbons (Fsp3) is 0. The average Bonchev–Trinajstić information content (AvgIpc) is 3.33. The molecule has 0 amide bonds. The highest BCUT2D eigenvalue weighted by molar-refractivity contribution is 8.06. The Kier molecular flexibility index (Phi) is 2.05. The van der Waals surface area contributed by atoms with Crippen molar-refractivity contribution in [1.29, 1.82) is 0 Å². The molecule has 0 saturated carbocycles. The molecule has 0 saturated heterocycles. The van der Waals surface area contributed by atoms with Crippen LogP contribution in [0.15, 0.2) is 42.5 Å². The van der Waals surface area contributed by atoms with E-state index in [1.165, 1.54) is 6.07 Å². The maximum atomic E-state index is 11.9. The molecule has 20 heavy (non-hydrogen) atoms. The number of carbonyl (C=O) groups excluding carboxylic acids is 2. The number of carbonyl (C=O) groups is 2. The van der Waals surface area contributed by atoms with E-state index < -0.39 is 19.1 Å². The molecule has 6 heteroatoms. The van der Waals surface area contributed by atoms with Gasteiger partial charge in [0.05, 0.1) is 11.1 Å². The minimum absolute atomic E-state index is 0.221. The predicted molar refractivity (Wildman–Crippen MR) is 70.2 cm³/mol. The van der Waals surface area contributed by atoms with Crippen LogP contribution in [0.2, 0.25) is 0 Å². The molecule has 0 radical (unpaired) electrons. The van der Waals surface area contributed by atoms with Gasteiger partial charge in [-0.15, -0.1) is 0 Å². The Bertz CT molecular complexity index is 825. The first-order chi connectivity index (χ1) is 9.64. The second-order valence-corrected chi connectivity index (χ2v) is 7.14. The third kappa shape index (κ3) is 1.35. The van der Waals surface area contributed by atoms with Crippen molar-refractivity contribution in [3.63, 3.8) is 0 Å². The zero-order valence-corrected chi connectivity index (χ0v) is 10.9. The molecular formula is C14H7O5P. The highest BCUT2D eigenvalue weighted by atomic mass is 31.2. The highest BCUT2D eigenvalue weighted by Gasteiger charge is 2.68. The van der Waals surface area contributed by atoms with Crippen LogP contribution in [0.4, 0.5) is 0 Å². The van der Waals surface area contributed by atoms with Crippen LogP contribution in [0.25, 0.3) is 0 Å². The van der Waals surface area contributed by atoms with E-state index >= 15 is 0 Å². The highest BCUT2D eigenvalue weighted by Crippen LogP contribution is 2.66. The van der Waals surface area contributed by atoms with Crippen molar-refractivity contribution < 1.29 is 23.9 Å². The van der Waals surface area contributed by atoms with E-state index in [4.69, 9.17) is 0 Å². The zero-order valence-electron chi connectivity index (χ0n) is 10.0. The quantitative estimate of drug-likeness (QED) is 0.311. The molecule has 0 fully saturated rings. The van der Waals surface area contributed by atoms with Gasteiger partial charge in [-0.3, -0.25) is 0 Å². The summed E-state index contributed by atoms with van der Waals surface area (Å²) in [6, 6.07) is 11.4. The fourth-order valence-electron chi connectivity index (χ4n) is 2.30. The van der Waals surface area contributed by atoms with Gasteiger partial charge in [-0.25, -0.2) is 19.4 Å². The molecule has 0 N–H and O–H groups in total. The fourth-order valence-corrected chi connectivity index (χ4v) is 5.09. The van der Waals surface area contributed by atoms with Crippen molar-refractivity contribution in [3.05, 3.63) is 53.6 Å². The lowest BCUT2D eigenvalue weighted by Crippen LogP contribution is -2.20. The standard InChI is InChI=1S/C14H7O5P/c15-13(8-4-2-1-3-5-8)18-19-14(16)9-6-7-10-12-11(9)20(10,12)17/h1-7H. The molecule has 0 spiro atoms. The van der Waals surface area contributed by atoms with E-state index in [0.717, 1.165) is 10.6 Å². The Labute approximate surface area is 113 Å². The molecule has 0 aliphatic carbocycles. The topological polar surface area (TPSA) is 69.7 Å². The van der Waals surface area contributed by atoms with E-state index in [0.29, 0.717) is 5.30 Å². The molecule has 2 aromatic rings. The summed E-state index contributed by atoms with van der Waals surface area (Å²) in [5, 5.41) is 2.22. The van der Waals surface area contributed by atoms with Gasteiger partial charge in [0.15, 0.2) is 7.14 Å². The van der Waals surface area contributed by atoms with Gasteiger partial charge in [0.2, 0.25) is 0 Å². The van der Waals surface area contributed by atoms with E-state index in [1.54, 1.807) is 36.4 Å². The Balaban J connectivity index is 1.45.